The smallest absolute Gasteiger partial charge is 0.276 e. The number of thiophene rings is 1. The molecule has 1 atom stereocenters. The van der Waals surface area contributed by atoms with Gasteiger partial charge in [-0.25, -0.2) is 8.42 Å². The first-order valence-electron chi connectivity index (χ1n) is 9.18. The van der Waals surface area contributed by atoms with Gasteiger partial charge in [0.15, 0.2) is 0 Å². The van der Waals surface area contributed by atoms with E-state index in [1.807, 2.05) is 6.07 Å². The summed E-state index contributed by atoms with van der Waals surface area (Å²) in [4.78, 5) is 16.4. The van der Waals surface area contributed by atoms with Gasteiger partial charge < -0.3 is 4.74 Å². The monoisotopic (exact) mass is 422 g/mol. The van der Waals surface area contributed by atoms with Gasteiger partial charge in [0.05, 0.1) is 16.9 Å². The molecule has 0 saturated heterocycles. The van der Waals surface area contributed by atoms with Crippen molar-refractivity contribution >= 4 is 27.3 Å². The van der Waals surface area contributed by atoms with Crippen molar-refractivity contribution in [2.45, 2.75) is 44.9 Å². The van der Waals surface area contributed by atoms with Crippen LogP contribution in [0.3, 0.4) is 0 Å². The number of sulfonamides is 1. The summed E-state index contributed by atoms with van der Waals surface area (Å²) >= 11 is 1.44. The van der Waals surface area contributed by atoms with Crippen molar-refractivity contribution in [1.29, 1.82) is 0 Å². The summed E-state index contributed by atoms with van der Waals surface area (Å²) < 4.78 is 29.7. The molecule has 0 unspecified atom stereocenters. The summed E-state index contributed by atoms with van der Waals surface area (Å²) in [6, 6.07) is 7.84. The highest BCUT2D eigenvalue weighted by Crippen LogP contribution is 2.40. The third kappa shape index (κ3) is 4.56. The number of amides is 1. The number of carbonyl (C=O) groups is 1. The first-order valence-corrected chi connectivity index (χ1v) is 11.5. The second-order valence-corrected chi connectivity index (χ2v) is 10.9. The lowest BCUT2D eigenvalue weighted by atomic mass is 9.72. The molecule has 8 heteroatoms. The number of aryl methyl sites for hydroxylation is 1. The molecular weight excluding hydrogens is 396 g/mol. The zero-order chi connectivity index (χ0) is 20.5. The summed E-state index contributed by atoms with van der Waals surface area (Å²) in [5.41, 5.74) is 3.76. The molecule has 1 aromatic carbocycles. The molecule has 0 spiro atoms. The Labute approximate surface area is 170 Å². The van der Waals surface area contributed by atoms with Gasteiger partial charge in [-0.3, -0.25) is 10.2 Å². The van der Waals surface area contributed by atoms with Gasteiger partial charge >= 0.3 is 0 Å². The topological polar surface area (TPSA) is 84.5 Å². The SMILES string of the molecule is COc1ccc(S(=O)(=O)NNC(=O)c2cc3c(s2)CC[C@H](C(C)(C)C)C3)cc1. The highest BCUT2D eigenvalue weighted by Gasteiger charge is 2.30. The van der Waals surface area contributed by atoms with E-state index >= 15 is 0 Å². The average Bonchev–Trinajstić information content (AvgIpc) is 3.09. The van der Waals surface area contributed by atoms with Gasteiger partial charge in [-0.05, 0) is 66.5 Å². The Hall–Kier alpha value is -1.90. The minimum Gasteiger partial charge on any atom is -0.497 e. The number of rotatable bonds is 5. The van der Waals surface area contributed by atoms with Crippen LogP contribution in [0.1, 0.15) is 47.3 Å². The molecule has 0 aliphatic heterocycles. The number of carbonyl (C=O) groups excluding carboxylic acids is 1. The highest BCUT2D eigenvalue weighted by atomic mass is 32.2. The van der Waals surface area contributed by atoms with Crippen LogP contribution in [0, 0.1) is 11.3 Å². The first kappa shape index (κ1) is 20.8. The van der Waals surface area contributed by atoms with Gasteiger partial charge in [-0.1, -0.05) is 20.8 Å². The maximum Gasteiger partial charge on any atom is 0.276 e. The molecule has 1 aromatic heterocycles. The van der Waals surface area contributed by atoms with E-state index in [-0.39, 0.29) is 10.3 Å². The van der Waals surface area contributed by atoms with E-state index in [2.05, 4.69) is 31.0 Å². The van der Waals surface area contributed by atoms with E-state index in [0.29, 0.717) is 16.5 Å². The zero-order valence-corrected chi connectivity index (χ0v) is 18.2. The summed E-state index contributed by atoms with van der Waals surface area (Å²) in [7, 11) is -2.35. The van der Waals surface area contributed by atoms with Crippen LogP contribution in [0.25, 0.3) is 0 Å². The van der Waals surface area contributed by atoms with Gasteiger partial charge in [0.25, 0.3) is 15.9 Å². The van der Waals surface area contributed by atoms with Crippen LogP contribution in [-0.2, 0) is 22.9 Å². The third-order valence-corrected chi connectivity index (χ3v) is 7.70. The number of benzene rings is 1. The van der Waals surface area contributed by atoms with Crippen molar-refractivity contribution in [3.05, 3.63) is 45.6 Å². The summed E-state index contributed by atoms with van der Waals surface area (Å²) in [5, 5.41) is 0. The van der Waals surface area contributed by atoms with Gasteiger partial charge in [0.2, 0.25) is 0 Å². The van der Waals surface area contributed by atoms with Gasteiger partial charge in [0, 0.05) is 4.88 Å². The fourth-order valence-corrected chi connectivity index (χ4v) is 5.31. The van der Waals surface area contributed by atoms with Crippen molar-refractivity contribution in [3.8, 4) is 5.75 Å². The first-order chi connectivity index (χ1) is 13.1. The number of ether oxygens (including phenoxy) is 1. The fourth-order valence-electron chi connectivity index (χ4n) is 3.36. The average molecular weight is 423 g/mol. The highest BCUT2D eigenvalue weighted by molar-refractivity contribution is 7.89. The predicted molar refractivity (Wildman–Crippen MR) is 110 cm³/mol. The Morgan fingerprint density at radius 3 is 2.50 bits per heavy atom. The number of hydrogen-bond donors (Lipinski definition) is 2. The molecule has 0 bridgehead atoms. The molecule has 2 aromatic rings. The van der Waals surface area contributed by atoms with E-state index in [4.69, 9.17) is 4.74 Å². The maximum atomic E-state index is 12.5. The largest absolute Gasteiger partial charge is 0.497 e. The van der Waals surface area contributed by atoms with Crippen LogP contribution in [-0.4, -0.2) is 21.4 Å². The maximum absolute atomic E-state index is 12.5. The van der Waals surface area contributed by atoms with Crippen molar-refractivity contribution in [2.24, 2.45) is 11.3 Å². The third-order valence-electron chi connectivity index (χ3n) is 5.20. The number of nitrogens with one attached hydrogen (secondary N) is 2. The van der Waals surface area contributed by atoms with Crippen LogP contribution in [0.4, 0.5) is 0 Å². The van der Waals surface area contributed by atoms with E-state index in [9.17, 15) is 13.2 Å². The lowest BCUT2D eigenvalue weighted by Gasteiger charge is -2.33. The molecular formula is C20H26N2O4S2. The van der Waals surface area contributed by atoms with Crippen molar-refractivity contribution in [3.63, 3.8) is 0 Å². The Bertz CT molecular complexity index is 957. The van der Waals surface area contributed by atoms with Crippen LogP contribution in [0.15, 0.2) is 35.2 Å². The number of hydrogen-bond acceptors (Lipinski definition) is 5. The molecule has 152 valence electrons. The standard InChI is InChI=1S/C20H26N2O4S2/c1-20(2,3)14-5-10-17-13(11-14)12-18(27-17)19(23)21-22-28(24,25)16-8-6-15(26-4)7-9-16/h6-9,12,14,22H,5,10-11H2,1-4H3,(H,21,23)/t14-/m0/s1. The Balaban J connectivity index is 1.66. The molecule has 0 saturated carbocycles. The lowest BCUT2D eigenvalue weighted by molar-refractivity contribution is 0.0949. The number of methoxy groups -OCH3 is 1. The van der Waals surface area contributed by atoms with E-state index in [1.165, 1.54) is 41.0 Å². The van der Waals surface area contributed by atoms with Gasteiger partial charge in [-0.2, -0.15) is 0 Å². The minimum absolute atomic E-state index is 0.0482. The molecule has 1 aliphatic carbocycles. The Kier molecular flexibility index (Phi) is 5.84. The molecule has 6 nitrogen and oxygen atoms in total. The Morgan fingerprint density at radius 1 is 1.21 bits per heavy atom. The minimum atomic E-state index is -3.85. The molecule has 28 heavy (non-hydrogen) atoms. The Morgan fingerprint density at radius 2 is 1.89 bits per heavy atom. The number of fused-ring (bicyclic) bond motifs is 1. The van der Waals surface area contributed by atoms with E-state index in [0.717, 1.165) is 19.3 Å². The molecule has 1 amide bonds. The van der Waals surface area contributed by atoms with E-state index in [1.54, 1.807) is 12.1 Å². The van der Waals surface area contributed by atoms with Gasteiger partial charge in [-0.15, -0.1) is 16.2 Å². The summed E-state index contributed by atoms with van der Waals surface area (Å²) in [6.45, 7) is 6.74. The zero-order valence-electron chi connectivity index (χ0n) is 16.5. The molecule has 2 N–H and O–H groups in total. The lowest BCUT2D eigenvalue weighted by Crippen LogP contribution is -2.41. The van der Waals surface area contributed by atoms with Crippen LogP contribution in [0.2, 0.25) is 0 Å². The van der Waals surface area contributed by atoms with Crippen molar-refractivity contribution in [2.75, 3.05) is 7.11 Å². The molecule has 3 rings (SSSR count). The van der Waals surface area contributed by atoms with Crippen LogP contribution in [0.5, 0.6) is 5.75 Å². The summed E-state index contributed by atoms with van der Waals surface area (Å²) in [6.07, 6.45) is 3.04. The normalized spacial score (nSPS) is 17.1. The molecule has 1 aliphatic rings. The second-order valence-electron chi connectivity index (χ2n) is 8.10. The number of hydrazine groups is 1. The van der Waals surface area contributed by atoms with Crippen LogP contribution >= 0.6 is 11.3 Å². The summed E-state index contributed by atoms with van der Waals surface area (Å²) in [5.74, 6) is 0.698. The predicted octanol–water partition coefficient (Wildman–Crippen LogP) is 3.53. The molecule has 0 fully saturated rings. The molecule has 1 heterocycles. The molecule has 0 radical (unpaired) electrons. The fraction of sp³-hybridized carbons (Fsp3) is 0.450. The van der Waals surface area contributed by atoms with Gasteiger partial charge in [0.1, 0.15) is 5.75 Å². The van der Waals surface area contributed by atoms with Crippen LogP contribution < -0.4 is 15.0 Å². The van der Waals surface area contributed by atoms with Crippen molar-refractivity contribution < 1.29 is 17.9 Å². The second kappa shape index (κ2) is 7.85. The van der Waals surface area contributed by atoms with E-state index < -0.39 is 15.9 Å². The van der Waals surface area contributed by atoms with Crippen molar-refractivity contribution in [1.82, 2.24) is 10.3 Å². The quantitative estimate of drug-likeness (QED) is 0.722.